The Morgan fingerprint density at radius 2 is 2.50 bits per heavy atom. The van der Waals surface area contributed by atoms with Gasteiger partial charge in [0, 0.05) is 0 Å². The Morgan fingerprint density at radius 3 is 2.62 bits per heavy atom. The lowest BCUT2D eigenvalue weighted by Gasteiger charge is -1.91. The molecule has 0 aliphatic carbocycles. The fourth-order valence-electron chi connectivity index (χ4n) is 0.140. The molecule has 1 unspecified atom stereocenters. The van der Waals surface area contributed by atoms with Crippen molar-refractivity contribution in [3.8, 4) is 0 Å². The van der Waals surface area contributed by atoms with Gasteiger partial charge in [0.25, 0.3) is 0 Å². The van der Waals surface area contributed by atoms with E-state index in [2.05, 4.69) is 6.58 Å². The average molecular weight is 139 g/mol. The Hall–Kier alpha value is -0.260. The normalized spacial score (nSPS) is 13.2. The molecule has 1 atom stereocenters. The van der Waals surface area contributed by atoms with Gasteiger partial charge in [0.2, 0.25) is 11.3 Å². The van der Waals surface area contributed by atoms with Crippen molar-refractivity contribution in [3.05, 3.63) is 12.4 Å². The van der Waals surface area contributed by atoms with Crippen molar-refractivity contribution in [2.45, 2.75) is 0 Å². The molecule has 0 saturated heterocycles. The summed E-state index contributed by atoms with van der Waals surface area (Å²) in [7, 11) is 0. The lowest BCUT2D eigenvalue weighted by atomic mass is 10.6. The molecule has 0 heterocycles. The zero-order valence-electron chi connectivity index (χ0n) is 4.06. The lowest BCUT2D eigenvalue weighted by molar-refractivity contribution is 0.541. The number of rotatable bonds is 3. The Morgan fingerprint density at radius 1 is 2.00 bits per heavy atom. The maximum Gasteiger partial charge on any atom is 0.232 e. The van der Waals surface area contributed by atoms with E-state index in [0.29, 0.717) is 0 Å². The number of halogens is 1. The topological polar surface area (TPSA) is 49.3 Å². The second-order valence-electron chi connectivity index (χ2n) is 1.09. The van der Waals surface area contributed by atoms with Gasteiger partial charge in [-0.3, -0.25) is 4.55 Å². The van der Waals surface area contributed by atoms with Crippen molar-refractivity contribution in [1.82, 2.24) is 4.72 Å². The molecule has 0 fully saturated rings. The molecule has 0 bridgehead atoms. The molecule has 0 spiro atoms. The van der Waals surface area contributed by atoms with Crippen LogP contribution in [0.15, 0.2) is 12.4 Å². The highest BCUT2D eigenvalue weighted by molar-refractivity contribution is 7.77. The highest BCUT2D eigenvalue weighted by Crippen LogP contribution is 1.85. The minimum Gasteiger partial charge on any atom is -0.294 e. The van der Waals surface area contributed by atoms with Gasteiger partial charge in [-0.15, -0.1) is 0 Å². The molecule has 2 N–H and O–H groups in total. The summed E-state index contributed by atoms with van der Waals surface area (Å²) in [5.74, 6) is -0.660. The predicted molar refractivity (Wildman–Crippen MR) is 29.0 cm³/mol. The summed E-state index contributed by atoms with van der Waals surface area (Å²) >= 11 is -2.14. The molecule has 0 aromatic carbocycles. The van der Waals surface area contributed by atoms with Gasteiger partial charge < -0.3 is 0 Å². The fourth-order valence-corrected chi connectivity index (χ4v) is 0.420. The van der Waals surface area contributed by atoms with E-state index in [0.717, 1.165) is 0 Å². The van der Waals surface area contributed by atoms with Crippen LogP contribution in [-0.4, -0.2) is 15.3 Å². The van der Waals surface area contributed by atoms with E-state index in [1.165, 1.54) is 0 Å². The van der Waals surface area contributed by atoms with Crippen molar-refractivity contribution < 1.29 is 13.2 Å². The summed E-state index contributed by atoms with van der Waals surface area (Å²) in [6, 6.07) is 0. The average Bonchev–Trinajstić information content (AvgIpc) is 1.61. The molecule has 0 amide bonds. The van der Waals surface area contributed by atoms with Crippen LogP contribution >= 0.6 is 0 Å². The minimum absolute atomic E-state index is 0.275. The van der Waals surface area contributed by atoms with Crippen LogP contribution in [-0.2, 0) is 11.3 Å². The van der Waals surface area contributed by atoms with E-state index < -0.39 is 17.1 Å². The molecule has 0 aliphatic rings. The molecular weight excluding hydrogens is 133 g/mol. The van der Waals surface area contributed by atoms with Crippen molar-refractivity contribution in [3.63, 3.8) is 0 Å². The van der Waals surface area contributed by atoms with Gasteiger partial charge in [-0.2, -0.15) is 0 Å². The first-order chi connectivity index (χ1) is 3.63. The molecule has 0 aromatic rings. The highest BCUT2D eigenvalue weighted by Gasteiger charge is 1.91. The second-order valence-corrected chi connectivity index (χ2v) is 1.87. The van der Waals surface area contributed by atoms with Crippen LogP contribution in [0.2, 0.25) is 0 Å². The van der Waals surface area contributed by atoms with E-state index in [4.69, 9.17) is 4.55 Å². The first-order valence-electron chi connectivity index (χ1n) is 1.80. The minimum atomic E-state index is -2.14. The lowest BCUT2D eigenvalue weighted by Crippen LogP contribution is -2.17. The third kappa shape index (κ3) is 5.74. The zero-order valence-corrected chi connectivity index (χ0v) is 4.87. The molecule has 5 heteroatoms. The zero-order chi connectivity index (χ0) is 6.57. The van der Waals surface area contributed by atoms with Crippen LogP contribution < -0.4 is 4.72 Å². The summed E-state index contributed by atoms with van der Waals surface area (Å²) in [6.07, 6.45) is 0. The highest BCUT2D eigenvalue weighted by atomic mass is 32.2. The summed E-state index contributed by atoms with van der Waals surface area (Å²) in [6.45, 7) is 2.58. The van der Waals surface area contributed by atoms with Gasteiger partial charge >= 0.3 is 0 Å². The van der Waals surface area contributed by atoms with Gasteiger partial charge in [-0.05, 0) is 0 Å². The smallest absolute Gasteiger partial charge is 0.232 e. The van der Waals surface area contributed by atoms with Gasteiger partial charge in [-0.25, -0.2) is 13.3 Å². The standard InChI is InChI=1S/C3H6FNO2S/c1-3(4)2-5-8(6)7/h5H,1-2H2,(H,6,7). The second kappa shape index (κ2) is 3.71. The molecule has 0 radical (unpaired) electrons. The molecule has 8 heavy (non-hydrogen) atoms. The van der Waals surface area contributed by atoms with E-state index in [1.807, 2.05) is 4.72 Å². The van der Waals surface area contributed by atoms with Gasteiger partial charge in [0.05, 0.1) is 6.54 Å². The first kappa shape index (κ1) is 7.74. The third-order valence-electron chi connectivity index (χ3n) is 0.387. The number of hydrogen-bond donors (Lipinski definition) is 2. The molecule has 3 nitrogen and oxygen atoms in total. The van der Waals surface area contributed by atoms with E-state index >= 15 is 0 Å². The predicted octanol–water partition coefficient (Wildman–Crippen LogP) is 0.196. The number of hydrogen-bond acceptors (Lipinski definition) is 1. The quantitative estimate of drug-likeness (QED) is 0.548. The van der Waals surface area contributed by atoms with Crippen LogP contribution in [0.5, 0.6) is 0 Å². The van der Waals surface area contributed by atoms with Crippen LogP contribution in [0, 0.1) is 0 Å². The van der Waals surface area contributed by atoms with Crippen molar-refractivity contribution in [1.29, 1.82) is 0 Å². The maximum atomic E-state index is 11.6. The van der Waals surface area contributed by atoms with Gasteiger partial charge in [0.1, 0.15) is 5.83 Å². The van der Waals surface area contributed by atoms with Crippen molar-refractivity contribution in [2.75, 3.05) is 6.54 Å². The first-order valence-corrected chi connectivity index (χ1v) is 2.91. The van der Waals surface area contributed by atoms with Crippen LogP contribution in [0.1, 0.15) is 0 Å². The Kier molecular flexibility index (Phi) is 3.59. The summed E-state index contributed by atoms with van der Waals surface area (Å²) in [4.78, 5) is 0. The van der Waals surface area contributed by atoms with Crippen LogP contribution in [0.3, 0.4) is 0 Å². The fraction of sp³-hybridized carbons (Fsp3) is 0.333. The molecule has 48 valence electrons. The van der Waals surface area contributed by atoms with E-state index in [-0.39, 0.29) is 6.54 Å². The van der Waals surface area contributed by atoms with Crippen molar-refractivity contribution in [2.24, 2.45) is 0 Å². The van der Waals surface area contributed by atoms with Crippen molar-refractivity contribution >= 4 is 11.3 Å². The summed E-state index contributed by atoms with van der Waals surface area (Å²) in [5.41, 5.74) is 0. The Balaban J connectivity index is 3.18. The molecular formula is C3H6FNO2S. The molecule has 0 aliphatic heterocycles. The number of nitrogens with one attached hydrogen (secondary N) is 1. The summed E-state index contributed by atoms with van der Waals surface area (Å²) < 4.78 is 31.1. The van der Waals surface area contributed by atoms with E-state index in [9.17, 15) is 8.60 Å². The molecule has 0 rings (SSSR count). The third-order valence-corrected chi connectivity index (χ3v) is 0.779. The van der Waals surface area contributed by atoms with E-state index in [1.54, 1.807) is 0 Å². The Labute approximate surface area is 49.0 Å². The van der Waals surface area contributed by atoms with Crippen LogP contribution in [0.25, 0.3) is 0 Å². The summed E-state index contributed by atoms with van der Waals surface area (Å²) in [5, 5.41) is 0. The molecule has 0 saturated carbocycles. The van der Waals surface area contributed by atoms with Gasteiger partial charge in [-0.1, -0.05) is 6.58 Å². The largest absolute Gasteiger partial charge is 0.294 e. The Bertz CT molecular complexity index is 102. The van der Waals surface area contributed by atoms with Gasteiger partial charge in [0.15, 0.2) is 0 Å². The monoisotopic (exact) mass is 139 g/mol. The molecule has 0 aromatic heterocycles. The van der Waals surface area contributed by atoms with Crippen LogP contribution in [0.4, 0.5) is 4.39 Å². The SMILES string of the molecule is C=C(F)CNS(=O)O. The maximum absolute atomic E-state index is 11.6.